The van der Waals surface area contributed by atoms with E-state index in [1.807, 2.05) is 101 Å². The predicted octanol–water partition coefficient (Wildman–Crippen LogP) is 3.99. The number of carbonyl (C=O) groups is 4. The Labute approximate surface area is 302 Å². The number of likely N-dealkylation sites (N-methyl/N-ethyl adjacent to an activating group) is 2. The van der Waals surface area contributed by atoms with Gasteiger partial charge in [-0.2, -0.15) is 0 Å². The SMILES string of the molecule is CC[C@H](C)[C@@H]([C@@H](CC(=O)N1CCC[C@H]1[C@H](OC)[C@@H](C)C(=O)NCCc1ccccc1)OC)N(C)[C@H](C(=O)NC(=O)[C@H](C(C)C)N(C)C)C(C)C. The second-order valence-corrected chi connectivity index (χ2v) is 15.0. The first-order chi connectivity index (χ1) is 23.6. The minimum Gasteiger partial charge on any atom is -0.379 e. The molecule has 0 bridgehead atoms. The summed E-state index contributed by atoms with van der Waals surface area (Å²) >= 11 is 0. The van der Waals surface area contributed by atoms with E-state index in [9.17, 15) is 19.2 Å². The van der Waals surface area contributed by atoms with E-state index in [-0.39, 0.29) is 59.9 Å². The molecule has 284 valence electrons. The Morgan fingerprint density at radius 2 is 1.48 bits per heavy atom. The van der Waals surface area contributed by atoms with Crippen molar-refractivity contribution in [2.45, 2.75) is 117 Å². The van der Waals surface area contributed by atoms with Crippen LogP contribution >= 0.6 is 0 Å². The predicted molar refractivity (Wildman–Crippen MR) is 198 cm³/mol. The first-order valence-corrected chi connectivity index (χ1v) is 18.5. The highest BCUT2D eigenvalue weighted by molar-refractivity contribution is 6.00. The Hall–Kier alpha value is -2.86. The number of methoxy groups -OCH3 is 2. The molecule has 1 aromatic carbocycles. The van der Waals surface area contributed by atoms with E-state index >= 15 is 0 Å². The highest BCUT2D eigenvalue weighted by atomic mass is 16.5. The molecule has 4 amide bonds. The Morgan fingerprint density at radius 3 is 2.00 bits per heavy atom. The summed E-state index contributed by atoms with van der Waals surface area (Å²) in [6.07, 6.45) is 2.24. The molecule has 1 heterocycles. The van der Waals surface area contributed by atoms with Crippen molar-refractivity contribution in [2.75, 3.05) is 48.5 Å². The van der Waals surface area contributed by atoms with Crippen LogP contribution in [0.1, 0.15) is 79.7 Å². The van der Waals surface area contributed by atoms with Crippen LogP contribution in [0.5, 0.6) is 0 Å². The summed E-state index contributed by atoms with van der Waals surface area (Å²) in [4.78, 5) is 60.1. The number of benzene rings is 1. The maximum atomic E-state index is 14.1. The van der Waals surface area contributed by atoms with Crippen molar-refractivity contribution in [1.82, 2.24) is 25.3 Å². The standard InChI is InChI=1S/C39H67N5O6/c1-13-27(6)35(43(10)34(26(4)5)39(48)41-38(47)33(25(2)3)42(8)9)31(49-11)24-32(45)44-23-17-20-30(44)36(50-12)28(7)37(46)40-22-21-29-18-15-14-16-19-29/h14-16,18-19,25-28,30-31,33-36H,13,17,20-24H2,1-12H3,(H,40,46)(H,41,47,48)/t27-,28+,30-,31+,33-,34-,35-,36+/m0/s1. The highest BCUT2D eigenvalue weighted by Crippen LogP contribution is 2.30. The average molecular weight is 702 g/mol. The second-order valence-electron chi connectivity index (χ2n) is 15.0. The molecular weight excluding hydrogens is 634 g/mol. The van der Waals surface area contributed by atoms with Crippen LogP contribution < -0.4 is 10.6 Å². The lowest BCUT2D eigenvalue weighted by Crippen LogP contribution is -2.60. The zero-order valence-corrected chi connectivity index (χ0v) is 32.9. The molecule has 0 radical (unpaired) electrons. The Balaban J connectivity index is 2.22. The van der Waals surface area contributed by atoms with E-state index < -0.39 is 30.2 Å². The molecule has 0 spiro atoms. The molecule has 50 heavy (non-hydrogen) atoms. The molecular formula is C39H67N5O6. The molecule has 11 nitrogen and oxygen atoms in total. The molecule has 1 saturated heterocycles. The molecule has 0 saturated carbocycles. The van der Waals surface area contributed by atoms with Crippen LogP contribution in [0.3, 0.4) is 0 Å². The fourth-order valence-electron chi connectivity index (χ4n) is 7.87. The largest absolute Gasteiger partial charge is 0.379 e. The smallest absolute Gasteiger partial charge is 0.244 e. The van der Waals surface area contributed by atoms with Crippen molar-refractivity contribution in [3.05, 3.63) is 35.9 Å². The lowest BCUT2D eigenvalue weighted by molar-refractivity contribution is -0.144. The normalized spacial score (nSPS) is 19.3. The van der Waals surface area contributed by atoms with Crippen LogP contribution in [0.2, 0.25) is 0 Å². The Kier molecular flexibility index (Phi) is 18.1. The van der Waals surface area contributed by atoms with E-state index in [1.165, 1.54) is 0 Å². The zero-order chi connectivity index (χ0) is 37.7. The van der Waals surface area contributed by atoms with Gasteiger partial charge in [-0.05, 0) is 63.7 Å². The van der Waals surface area contributed by atoms with Gasteiger partial charge in [0, 0.05) is 33.4 Å². The lowest BCUT2D eigenvalue weighted by atomic mass is 9.87. The number of likely N-dealkylation sites (tertiary alicyclic amines) is 1. The van der Waals surface area contributed by atoms with Gasteiger partial charge in [-0.3, -0.25) is 34.3 Å². The van der Waals surface area contributed by atoms with Gasteiger partial charge in [-0.25, -0.2) is 0 Å². The molecule has 0 aromatic heterocycles. The molecule has 2 N–H and O–H groups in total. The molecule has 1 aromatic rings. The van der Waals surface area contributed by atoms with Crippen LogP contribution in [0.4, 0.5) is 0 Å². The van der Waals surface area contributed by atoms with Crippen LogP contribution in [-0.2, 0) is 35.1 Å². The van der Waals surface area contributed by atoms with Crippen molar-refractivity contribution in [1.29, 1.82) is 0 Å². The number of hydrogen-bond acceptors (Lipinski definition) is 8. The van der Waals surface area contributed by atoms with E-state index in [4.69, 9.17) is 9.47 Å². The third kappa shape index (κ3) is 11.6. The minimum atomic E-state index is -0.626. The maximum Gasteiger partial charge on any atom is 0.244 e. The molecule has 0 aliphatic carbocycles. The number of nitrogens with one attached hydrogen (secondary N) is 2. The van der Waals surface area contributed by atoms with Crippen molar-refractivity contribution < 1.29 is 28.7 Å². The monoisotopic (exact) mass is 702 g/mol. The quantitative estimate of drug-likeness (QED) is 0.210. The van der Waals surface area contributed by atoms with Crippen LogP contribution in [-0.4, -0.2) is 123 Å². The minimum absolute atomic E-state index is 0.0221. The van der Waals surface area contributed by atoms with Gasteiger partial charge in [0.15, 0.2) is 0 Å². The summed E-state index contributed by atoms with van der Waals surface area (Å²) in [5.74, 6) is -1.31. The first-order valence-electron chi connectivity index (χ1n) is 18.5. The van der Waals surface area contributed by atoms with Crippen molar-refractivity contribution in [2.24, 2.45) is 23.7 Å². The molecule has 0 unspecified atom stereocenters. The van der Waals surface area contributed by atoms with Gasteiger partial charge in [0.05, 0.1) is 42.7 Å². The van der Waals surface area contributed by atoms with E-state index in [1.54, 1.807) is 14.2 Å². The van der Waals surface area contributed by atoms with Gasteiger partial charge in [-0.1, -0.05) is 85.2 Å². The summed E-state index contributed by atoms with van der Waals surface area (Å²) in [6, 6.07) is 8.43. The summed E-state index contributed by atoms with van der Waals surface area (Å²) in [5.41, 5.74) is 1.16. The number of ether oxygens (including phenoxy) is 2. The van der Waals surface area contributed by atoms with Crippen LogP contribution in [0.15, 0.2) is 30.3 Å². The van der Waals surface area contributed by atoms with Gasteiger partial charge in [-0.15, -0.1) is 0 Å². The van der Waals surface area contributed by atoms with Gasteiger partial charge in [0.2, 0.25) is 23.6 Å². The third-order valence-electron chi connectivity index (χ3n) is 10.5. The first kappa shape index (κ1) is 43.3. The van der Waals surface area contributed by atoms with Crippen molar-refractivity contribution in [3.8, 4) is 0 Å². The third-order valence-corrected chi connectivity index (χ3v) is 10.5. The van der Waals surface area contributed by atoms with Gasteiger partial charge >= 0.3 is 0 Å². The summed E-state index contributed by atoms with van der Waals surface area (Å²) in [6.45, 7) is 15.0. The highest BCUT2D eigenvalue weighted by Gasteiger charge is 2.43. The Morgan fingerprint density at radius 1 is 0.880 bits per heavy atom. The number of amides is 4. The molecule has 1 aliphatic rings. The lowest BCUT2D eigenvalue weighted by Gasteiger charge is -2.43. The summed E-state index contributed by atoms with van der Waals surface area (Å²) in [5, 5.41) is 5.76. The molecule has 1 fully saturated rings. The number of nitrogens with zero attached hydrogens (tertiary/aromatic N) is 3. The van der Waals surface area contributed by atoms with E-state index in [0.29, 0.717) is 13.1 Å². The number of hydrogen-bond donors (Lipinski definition) is 2. The fourth-order valence-corrected chi connectivity index (χ4v) is 7.87. The maximum absolute atomic E-state index is 14.1. The van der Waals surface area contributed by atoms with Crippen LogP contribution in [0.25, 0.3) is 0 Å². The number of imide groups is 1. The molecule has 1 aliphatic heterocycles. The average Bonchev–Trinajstić information content (AvgIpc) is 3.54. The molecule has 8 atom stereocenters. The van der Waals surface area contributed by atoms with Crippen molar-refractivity contribution in [3.63, 3.8) is 0 Å². The number of rotatable bonds is 20. The van der Waals surface area contributed by atoms with Gasteiger partial charge in [0.25, 0.3) is 0 Å². The summed E-state index contributed by atoms with van der Waals surface area (Å²) in [7, 11) is 8.78. The van der Waals surface area contributed by atoms with Gasteiger partial charge < -0.3 is 19.7 Å². The van der Waals surface area contributed by atoms with Crippen molar-refractivity contribution >= 4 is 23.6 Å². The second kappa shape index (κ2) is 20.9. The Bertz CT molecular complexity index is 1200. The number of carbonyl (C=O) groups excluding carboxylic acids is 4. The zero-order valence-electron chi connectivity index (χ0n) is 32.9. The fraction of sp³-hybridized carbons (Fsp3) is 0.744. The van der Waals surface area contributed by atoms with E-state index in [0.717, 1.165) is 31.2 Å². The van der Waals surface area contributed by atoms with Crippen LogP contribution in [0, 0.1) is 23.7 Å². The molecule has 11 heteroatoms. The summed E-state index contributed by atoms with van der Waals surface area (Å²) < 4.78 is 12.0. The van der Waals surface area contributed by atoms with E-state index in [2.05, 4.69) is 24.5 Å². The molecule has 2 rings (SSSR count). The van der Waals surface area contributed by atoms with Gasteiger partial charge in [0.1, 0.15) is 0 Å². The topological polar surface area (TPSA) is 121 Å².